The lowest BCUT2D eigenvalue weighted by atomic mass is 10.1. The van der Waals surface area contributed by atoms with Crippen molar-refractivity contribution < 1.29 is 19.1 Å². The van der Waals surface area contributed by atoms with Crippen molar-refractivity contribution in [2.75, 3.05) is 23.3 Å². The van der Waals surface area contributed by atoms with E-state index in [1.54, 1.807) is 28.1 Å². The molecule has 11 heteroatoms. The van der Waals surface area contributed by atoms with Gasteiger partial charge in [0.05, 0.1) is 22.4 Å². The molecule has 4 aromatic rings. The Bertz CT molecular complexity index is 1890. The summed E-state index contributed by atoms with van der Waals surface area (Å²) in [7, 11) is 0. The molecule has 1 aliphatic carbocycles. The van der Waals surface area contributed by atoms with Gasteiger partial charge >= 0.3 is 6.03 Å². The molecule has 1 atom stereocenters. The van der Waals surface area contributed by atoms with Crippen molar-refractivity contribution in [3.05, 3.63) is 82.9 Å². The van der Waals surface area contributed by atoms with Gasteiger partial charge in [0.25, 0.3) is 11.8 Å². The molecular weight excluding hydrogens is 576 g/mol. The molecule has 2 N–H and O–H groups in total. The number of nitriles is 1. The van der Waals surface area contributed by atoms with Crippen LogP contribution in [0, 0.1) is 24.2 Å². The number of ether oxygens (including phenoxy) is 1. The number of nitrogens with one attached hydrogen (secondary N) is 2. The fourth-order valence-corrected chi connectivity index (χ4v) is 6.76. The Hall–Kier alpha value is -5.21. The Labute approximate surface area is 257 Å². The number of carbonyl (C=O) groups excluding carboxylic acids is 3. The van der Waals surface area contributed by atoms with Gasteiger partial charge in [-0.2, -0.15) is 5.26 Å². The first-order valence-corrected chi connectivity index (χ1v) is 15.3. The maximum absolute atomic E-state index is 13.8. The van der Waals surface area contributed by atoms with Gasteiger partial charge in [-0.3, -0.25) is 14.5 Å². The van der Waals surface area contributed by atoms with Crippen molar-refractivity contribution in [3.63, 3.8) is 0 Å². The van der Waals surface area contributed by atoms with Crippen LogP contribution in [0.25, 0.3) is 10.2 Å². The number of urea groups is 1. The summed E-state index contributed by atoms with van der Waals surface area (Å²) < 4.78 is 5.97. The van der Waals surface area contributed by atoms with Crippen molar-refractivity contribution in [2.45, 2.75) is 32.2 Å². The van der Waals surface area contributed by atoms with Gasteiger partial charge in [-0.1, -0.05) is 24.3 Å². The molecule has 2 fully saturated rings. The molecule has 2 aliphatic heterocycles. The highest BCUT2D eigenvalue weighted by Crippen LogP contribution is 2.47. The van der Waals surface area contributed by atoms with Crippen LogP contribution in [0.4, 0.5) is 21.9 Å². The van der Waals surface area contributed by atoms with Crippen LogP contribution in [0.5, 0.6) is 11.5 Å². The third kappa shape index (κ3) is 5.14. The third-order valence-corrected chi connectivity index (χ3v) is 9.11. The topological polar surface area (TPSA) is 128 Å². The molecule has 1 saturated carbocycles. The van der Waals surface area contributed by atoms with E-state index in [0.29, 0.717) is 63.3 Å². The Morgan fingerprint density at radius 2 is 1.93 bits per heavy atom. The normalized spacial score (nSPS) is 17.8. The van der Waals surface area contributed by atoms with Gasteiger partial charge < -0.3 is 20.3 Å². The summed E-state index contributed by atoms with van der Waals surface area (Å²) in [6, 6.07) is 18.2. The lowest BCUT2D eigenvalue weighted by molar-refractivity contribution is -0.117. The molecule has 44 heavy (non-hydrogen) atoms. The molecule has 0 spiro atoms. The van der Waals surface area contributed by atoms with E-state index in [1.807, 2.05) is 61.5 Å². The average molecular weight is 605 g/mol. The number of aromatic nitrogens is 1. The van der Waals surface area contributed by atoms with E-state index in [0.717, 1.165) is 24.2 Å². The van der Waals surface area contributed by atoms with Gasteiger partial charge in [0.2, 0.25) is 0 Å². The molecule has 0 radical (unpaired) electrons. The van der Waals surface area contributed by atoms with E-state index in [2.05, 4.69) is 15.6 Å². The number of benzene rings is 2. The van der Waals surface area contributed by atoms with Crippen LogP contribution in [-0.4, -0.2) is 46.9 Å². The number of hydrogen-bond acceptors (Lipinski definition) is 7. The fourth-order valence-electron chi connectivity index (χ4n) is 5.67. The molecule has 220 valence electrons. The molecular formula is C33H28N6O4S. The van der Waals surface area contributed by atoms with Crippen molar-refractivity contribution in [3.8, 4) is 17.6 Å². The van der Waals surface area contributed by atoms with Crippen LogP contribution < -0.4 is 20.3 Å². The Balaban J connectivity index is 1.13. The standard InChI is InChI=1S/C33H28N6O4S/c1-19-15-24(43-23-5-3-2-4-6-23)9-10-25(19)39-26-11-13-35-31-27(26)28(37-33(39)42)29(44-31)32(41)38-14-12-22(18-38)36-30(40)21(17-34)16-20-7-8-20/h2-6,9-11,13,15-16,20,22H,7-8,12,14,18H2,1H3,(H,36,40)(H,37,42)/b21-16+/t22-/m0/s1. The van der Waals surface area contributed by atoms with Crippen LogP contribution in [0.2, 0.25) is 0 Å². The molecule has 4 heterocycles. The van der Waals surface area contributed by atoms with Gasteiger partial charge in [-0.15, -0.1) is 11.3 Å². The first-order chi connectivity index (χ1) is 21.4. The number of carbonyl (C=O) groups is 3. The molecule has 7 rings (SSSR count). The minimum absolute atomic E-state index is 0.130. The highest BCUT2D eigenvalue weighted by Gasteiger charge is 2.36. The lowest BCUT2D eigenvalue weighted by Gasteiger charge is -2.30. The second kappa shape index (κ2) is 11.1. The SMILES string of the molecule is Cc1cc(Oc2ccccc2)ccc1N1C(=O)Nc2c(C(=O)N3CC[C@H](NC(=O)/C(C#N)=C/C4CC4)C3)sc3nccc1c23. The molecule has 2 aromatic heterocycles. The number of hydrogen-bond donors (Lipinski definition) is 2. The maximum atomic E-state index is 13.8. The highest BCUT2D eigenvalue weighted by molar-refractivity contribution is 7.21. The number of allylic oxidation sites excluding steroid dienone is 1. The van der Waals surface area contributed by atoms with Gasteiger partial charge in [-0.05, 0) is 74.1 Å². The van der Waals surface area contributed by atoms with Crippen molar-refractivity contribution in [1.29, 1.82) is 5.26 Å². The molecule has 4 amide bonds. The number of amides is 4. The number of nitrogens with zero attached hydrogens (tertiary/aromatic N) is 4. The minimum Gasteiger partial charge on any atom is -0.457 e. The zero-order chi connectivity index (χ0) is 30.4. The van der Waals surface area contributed by atoms with E-state index in [-0.39, 0.29) is 23.6 Å². The van der Waals surface area contributed by atoms with E-state index in [4.69, 9.17) is 4.74 Å². The average Bonchev–Trinajstić information content (AvgIpc) is 3.60. The van der Waals surface area contributed by atoms with Crippen LogP contribution in [0.15, 0.2) is 72.4 Å². The second-order valence-corrected chi connectivity index (χ2v) is 12.2. The van der Waals surface area contributed by atoms with Crippen molar-refractivity contribution in [1.82, 2.24) is 15.2 Å². The smallest absolute Gasteiger partial charge is 0.331 e. The number of rotatable bonds is 7. The Morgan fingerprint density at radius 1 is 1.11 bits per heavy atom. The Kier molecular flexibility index (Phi) is 6.98. The number of pyridine rings is 1. The molecule has 0 unspecified atom stereocenters. The van der Waals surface area contributed by atoms with Gasteiger partial charge in [0.1, 0.15) is 32.8 Å². The highest BCUT2D eigenvalue weighted by atomic mass is 32.1. The van der Waals surface area contributed by atoms with E-state index < -0.39 is 5.91 Å². The lowest BCUT2D eigenvalue weighted by Crippen LogP contribution is -2.39. The first kappa shape index (κ1) is 27.6. The molecule has 10 nitrogen and oxygen atoms in total. The molecule has 3 aliphatic rings. The summed E-state index contributed by atoms with van der Waals surface area (Å²) in [4.78, 5) is 48.9. The number of likely N-dealkylation sites (tertiary alicyclic amines) is 1. The number of para-hydroxylation sites is 1. The zero-order valence-corrected chi connectivity index (χ0v) is 24.7. The van der Waals surface area contributed by atoms with E-state index in [9.17, 15) is 19.6 Å². The first-order valence-electron chi connectivity index (χ1n) is 14.5. The summed E-state index contributed by atoms with van der Waals surface area (Å²) in [6.07, 6.45) is 5.96. The summed E-state index contributed by atoms with van der Waals surface area (Å²) in [5.74, 6) is 1.06. The minimum atomic E-state index is -0.396. The maximum Gasteiger partial charge on any atom is 0.331 e. The van der Waals surface area contributed by atoms with Crippen molar-refractivity contribution in [2.24, 2.45) is 5.92 Å². The van der Waals surface area contributed by atoms with Crippen molar-refractivity contribution >= 4 is 56.5 Å². The van der Waals surface area contributed by atoms with Crippen LogP contribution in [0.3, 0.4) is 0 Å². The number of anilines is 3. The van der Waals surface area contributed by atoms with E-state index >= 15 is 0 Å². The predicted octanol–water partition coefficient (Wildman–Crippen LogP) is 6.27. The number of aryl methyl sites for hydroxylation is 1. The Morgan fingerprint density at radius 3 is 2.68 bits per heavy atom. The zero-order valence-electron chi connectivity index (χ0n) is 23.9. The fraction of sp³-hybridized carbons (Fsp3) is 0.242. The third-order valence-electron chi connectivity index (χ3n) is 8.03. The van der Waals surface area contributed by atoms with Gasteiger partial charge in [0, 0.05) is 25.3 Å². The molecule has 2 aromatic carbocycles. The molecule has 1 saturated heterocycles. The summed E-state index contributed by atoms with van der Waals surface area (Å²) >= 11 is 1.24. The van der Waals surface area contributed by atoms with Gasteiger partial charge in [0.15, 0.2) is 0 Å². The predicted molar refractivity (Wildman–Crippen MR) is 167 cm³/mol. The summed E-state index contributed by atoms with van der Waals surface area (Å²) in [6.45, 7) is 2.68. The second-order valence-electron chi connectivity index (χ2n) is 11.2. The van der Waals surface area contributed by atoms with Crippen LogP contribution in [-0.2, 0) is 4.79 Å². The van der Waals surface area contributed by atoms with Crippen LogP contribution in [0.1, 0.15) is 34.5 Å². The van der Waals surface area contributed by atoms with E-state index in [1.165, 1.54) is 11.3 Å². The summed E-state index contributed by atoms with van der Waals surface area (Å²) in [5.41, 5.74) is 2.75. The van der Waals surface area contributed by atoms with Gasteiger partial charge in [-0.25, -0.2) is 9.78 Å². The number of thiophene rings is 1. The summed E-state index contributed by atoms with van der Waals surface area (Å²) in [5, 5.41) is 16.0. The van der Waals surface area contributed by atoms with Crippen LogP contribution >= 0.6 is 11.3 Å². The monoisotopic (exact) mass is 604 g/mol. The molecule has 0 bridgehead atoms. The quantitative estimate of drug-likeness (QED) is 0.189. The largest absolute Gasteiger partial charge is 0.457 e.